The molecule has 3 heteroatoms. The lowest BCUT2D eigenvalue weighted by Crippen LogP contribution is -2.34. The standard InChI is InChI=1S/C14H20FN.C10H14.C2H6.CH4O/c1-12-6-9-16(10-7-12)11-8-13-2-4-14(15)5-3-13;1-3-6-10-8-5-4-7-9(10)2;2*1-2/h2-5,12H,6-11H2,1H3;4-5,7-8H,3,6H2,1-2H3;1-2H3;2H,1H3. The fraction of sp³-hybridized carbons (Fsp3) is 0.556. The predicted octanol–water partition coefficient (Wildman–Crippen LogP) is 6.68. The molecular formula is C27H44FNO. The SMILES string of the molecule is CC.CC1CCN(CCc2ccc(F)cc2)CC1.CCCc1ccccc1C.CO. The van der Waals surface area contributed by atoms with E-state index in [2.05, 4.69) is 49.9 Å². The Balaban J connectivity index is 0.000000518. The molecule has 1 saturated heterocycles. The van der Waals surface area contributed by atoms with E-state index in [1.54, 1.807) is 12.1 Å². The van der Waals surface area contributed by atoms with E-state index in [1.165, 1.54) is 55.5 Å². The summed E-state index contributed by atoms with van der Waals surface area (Å²) in [5.41, 5.74) is 4.15. The van der Waals surface area contributed by atoms with E-state index in [0.29, 0.717) is 0 Å². The summed E-state index contributed by atoms with van der Waals surface area (Å²) in [6.45, 7) is 14.3. The van der Waals surface area contributed by atoms with Gasteiger partial charge in [0.2, 0.25) is 0 Å². The highest BCUT2D eigenvalue weighted by atomic mass is 19.1. The van der Waals surface area contributed by atoms with Crippen LogP contribution in [0.1, 0.15) is 63.6 Å². The third-order valence-electron chi connectivity index (χ3n) is 5.29. The fourth-order valence-electron chi connectivity index (χ4n) is 3.38. The first-order valence-electron chi connectivity index (χ1n) is 11.5. The van der Waals surface area contributed by atoms with E-state index in [4.69, 9.17) is 5.11 Å². The van der Waals surface area contributed by atoms with E-state index in [9.17, 15) is 4.39 Å². The minimum absolute atomic E-state index is 0.143. The minimum Gasteiger partial charge on any atom is -0.400 e. The smallest absolute Gasteiger partial charge is 0.123 e. The van der Waals surface area contributed by atoms with Gasteiger partial charge < -0.3 is 10.0 Å². The molecule has 0 spiro atoms. The zero-order valence-corrected chi connectivity index (χ0v) is 20.1. The quantitative estimate of drug-likeness (QED) is 0.586. The first-order chi connectivity index (χ1) is 14.6. The molecule has 0 bridgehead atoms. The fourth-order valence-corrected chi connectivity index (χ4v) is 3.38. The third-order valence-corrected chi connectivity index (χ3v) is 5.29. The Bertz CT molecular complexity index is 634. The van der Waals surface area contributed by atoms with Gasteiger partial charge in [0.25, 0.3) is 0 Å². The van der Waals surface area contributed by atoms with Crippen LogP contribution in [0.25, 0.3) is 0 Å². The lowest BCUT2D eigenvalue weighted by atomic mass is 9.99. The maximum atomic E-state index is 12.7. The van der Waals surface area contributed by atoms with Gasteiger partial charge in [0.1, 0.15) is 5.82 Å². The summed E-state index contributed by atoms with van der Waals surface area (Å²) in [4.78, 5) is 2.52. The molecular weight excluding hydrogens is 373 g/mol. The van der Waals surface area contributed by atoms with Crippen molar-refractivity contribution < 1.29 is 9.50 Å². The molecule has 170 valence electrons. The second-order valence-corrected chi connectivity index (χ2v) is 7.58. The van der Waals surface area contributed by atoms with E-state index < -0.39 is 0 Å². The summed E-state index contributed by atoms with van der Waals surface area (Å²) in [6, 6.07) is 15.5. The first-order valence-corrected chi connectivity index (χ1v) is 11.5. The van der Waals surface area contributed by atoms with Crippen molar-refractivity contribution in [2.75, 3.05) is 26.7 Å². The van der Waals surface area contributed by atoms with Crippen LogP contribution in [0.4, 0.5) is 4.39 Å². The Hall–Kier alpha value is -1.71. The van der Waals surface area contributed by atoms with Crippen LogP contribution >= 0.6 is 0 Å². The molecule has 0 unspecified atom stereocenters. The van der Waals surface area contributed by atoms with Crippen LogP contribution in [0.5, 0.6) is 0 Å². The summed E-state index contributed by atoms with van der Waals surface area (Å²) < 4.78 is 12.7. The largest absolute Gasteiger partial charge is 0.400 e. The van der Waals surface area contributed by atoms with Gasteiger partial charge in [0.15, 0.2) is 0 Å². The molecule has 2 aromatic rings. The number of benzene rings is 2. The van der Waals surface area contributed by atoms with Crippen LogP contribution in [-0.2, 0) is 12.8 Å². The normalized spacial score (nSPS) is 13.7. The second kappa shape index (κ2) is 18.1. The zero-order chi connectivity index (χ0) is 22.8. The third kappa shape index (κ3) is 12.1. The van der Waals surface area contributed by atoms with Gasteiger partial charge in [-0.2, -0.15) is 0 Å². The van der Waals surface area contributed by atoms with Gasteiger partial charge in [-0.25, -0.2) is 4.39 Å². The van der Waals surface area contributed by atoms with E-state index >= 15 is 0 Å². The number of aliphatic hydroxyl groups excluding tert-OH is 1. The van der Waals surface area contributed by atoms with Crippen molar-refractivity contribution in [2.24, 2.45) is 5.92 Å². The molecule has 0 aromatic heterocycles. The summed E-state index contributed by atoms with van der Waals surface area (Å²) in [7, 11) is 1.00. The van der Waals surface area contributed by atoms with Crippen molar-refractivity contribution in [1.29, 1.82) is 0 Å². The maximum absolute atomic E-state index is 12.7. The topological polar surface area (TPSA) is 23.5 Å². The Morgan fingerprint density at radius 1 is 0.933 bits per heavy atom. The summed E-state index contributed by atoms with van der Waals surface area (Å²) >= 11 is 0. The summed E-state index contributed by atoms with van der Waals surface area (Å²) in [6.07, 6.45) is 6.14. The highest BCUT2D eigenvalue weighted by Crippen LogP contribution is 2.16. The maximum Gasteiger partial charge on any atom is 0.123 e. The molecule has 3 rings (SSSR count). The van der Waals surface area contributed by atoms with Crippen LogP contribution in [0.3, 0.4) is 0 Å². The highest BCUT2D eigenvalue weighted by Gasteiger charge is 2.14. The second-order valence-electron chi connectivity index (χ2n) is 7.58. The molecule has 1 heterocycles. The molecule has 0 radical (unpaired) electrons. The van der Waals surface area contributed by atoms with Crippen LogP contribution in [0, 0.1) is 18.7 Å². The average Bonchev–Trinajstić information content (AvgIpc) is 2.79. The molecule has 1 aliphatic rings. The predicted molar refractivity (Wildman–Crippen MR) is 130 cm³/mol. The number of hydrogen-bond acceptors (Lipinski definition) is 2. The van der Waals surface area contributed by atoms with Crippen LogP contribution < -0.4 is 0 Å². The number of aliphatic hydroxyl groups is 1. The molecule has 2 aromatic carbocycles. The Labute approximate surface area is 185 Å². The van der Waals surface area contributed by atoms with Crippen LogP contribution in [-0.4, -0.2) is 36.8 Å². The number of rotatable bonds is 5. The molecule has 0 amide bonds. The number of piperidine rings is 1. The van der Waals surface area contributed by atoms with Crippen molar-refractivity contribution >= 4 is 0 Å². The molecule has 1 fully saturated rings. The zero-order valence-electron chi connectivity index (χ0n) is 20.1. The highest BCUT2D eigenvalue weighted by molar-refractivity contribution is 5.25. The van der Waals surface area contributed by atoms with Gasteiger partial charge in [0, 0.05) is 13.7 Å². The molecule has 1 N–H and O–H groups in total. The first kappa shape index (κ1) is 28.3. The minimum atomic E-state index is -0.143. The van der Waals surface area contributed by atoms with Crippen molar-refractivity contribution in [3.05, 3.63) is 71.0 Å². The van der Waals surface area contributed by atoms with Crippen molar-refractivity contribution in [2.45, 2.75) is 66.7 Å². The number of aryl methyl sites for hydroxylation is 2. The van der Waals surface area contributed by atoms with Crippen LogP contribution in [0.15, 0.2) is 48.5 Å². The Morgan fingerprint density at radius 3 is 2.03 bits per heavy atom. The Morgan fingerprint density at radius 2 is 1.50 bits per heavy atom. The number of halogens is 1. The Kier molecular flexibility index (Phi) is 17.1. The summed E-state index contributed by atoms with van der Waals surface area (Å²) in [5, 5.41) is 7.00. The average molecular weight is 418 g/mol. The van der Waals surface area contributed by atoms with E-state index in [1.807, 2.05) is 26.0 Å². The van der Waals surface area contributed by atoms with Gasteiger partial charge in [-0.05, 0) is 80.4 Å². The lowest BCUT2D eigenvalue weighted by Gasteiger charge is -2.30. The molecule has 1 aliphatic heterocycles. The van der Waals surface area contributed by atoms with Gasteiger partial charge in [-0.1, -0.05) is 70.5 Å². The molecule has 0 aliphatic carbocycles. The van der Waals surface area contributed by atoms with Crippen LogP contribution in [0.2, 0.25) is 0 Å². The summed E-state index contributed by atoms with van der Waals surface area (Å²) in [5.74, 6) is 0.748. The van der Waals surface area contributed by atoms with Gasteiger partial charge in [-0.15, -0.1) is 0 Å². The van der Waals surface area contributed by atoms with Crippen molar-refractivity contribution in [3.8, 4) is 0 Å². The molecule has 0 saturated carbocycles. The van der Waals surface area contributed by atoms with E-state index in [-0.39, 0.29) is 5.82 Å². The van der Waals surface area contributed by atoms with Crippen molar-refractivity contribution in [1.82, 2.24) is 4.90 Å². The van der Waals surface area contributed by atoms with E-state index in [0.717, 1.165) is 26.0 Å². The molecule has 30 heavy (non-hydrogen) atoms. The number of nitrogens with zero attached hydrogens (tertiary/aromatic N) is 1. The number of hydrogen-bond donors (Lipinski definition) is 1. The number of likely N-dealkylation sites (tertiary alicyclic amines) is 1. The monoisotopic (exact) mass is 417 g/mol. The lowest BCUT2D eigenvalue weighted by molar-refractivity contribution is 0.194. The van der Waals surface area contributed by atoms with Gasteiger partial charge >= 0.3 is 0 Å². The molecule has 2 nitrogen and oxygen atoms in total. The van der Waals surface area contributed by atoms with Gasteiger partial charge in [0.05, 0.1) is 0 Å². The molecule has 0 atom stereocenters. The van der Waals surface area contributed by atoms with Crippen molar-refractivity contribution in [3.63, 3.8) is 0 Å². The van der Waals surface area contributed by atoms with Gasteiger partial charge in [-0.3, -0.25) is 0 Å².